The first-order valence-corrected chi connectivity index (χ1v) is 11.8. The number of hydrogen-bond acceptors (Lipinski definition) is 3. The highest BCUT2D eigenvalue weighted by molar-refractivity contribution is 7.80. The maximum Gasteiger partial charge on any atom is 0.174 e. The van der Waals surface area contributed by atoms with Gasteiger partial charge in [0.15, 0.2) is 5.11 Å². The lowest BCUT2D eigenvalue weighted by molar-refractivity contribution is 0.471. The van der Waals surface area contributed by atoms with Gasteiger partial charge in [-0.15, -0.1) is 0 Å². The third-order valence-electron chi connectivity index (χ3n) is 6.78. The number of para-hydroxylation sites is 2. The summed E-state index contributed by atoms with van der Waals surface area (Å²) in [6, 6.07) is 21.9. The summed E-state index contributed by atoms with van der Waals surface area (Å²) in [6.07, 6.45) is 1.82. The molecule has 1 fully saturated rings. The van der Waals surface area contributed by atoms with Gasteiger partial charge in [-0.05, 0) is 99.1 Å². The van der Waals surface area contributed by atoms with Crippen LogP contribution in [0.15, 0.2) is 72.9 Å². The molecule has 2 unspecified atom stereocenters. The number of aryl methyl sites for hydroxylation is 3. The van der Waals surface area contributed by atoms with Crippen LogP contribution in [0.2, 0.25) is 0 Å². The van der Waals surface area contributed by atoms with Crippen molar-refractivity contribution in [3.63, 3.8) is 0 Å². The number of nitrogens with one attached hydrogen (secondary N) is 1. The number of anilines is 1. The molecule has 0 saturated carbocycles. The lowest BCUT2D eigenvalue weighted by Crippen LogP contribution is -2.29. The fraction of sp³-hybridized carbons (Fsp3) is 0.214. The lowest BCUT2D eigenvalue weighted by atomic mass is 9.96. The first kappa shape index (κ1) is 22.2. The molecule has 2 atom stereocenters. The van der Waals surface area contributed by atoms with Crippen molar-refractivity contribution in [2.45, 2.75) is 39.8 Å². The molecule has 5 nitrogen and oxygen atoms in total. The Morgan fingerprint density at radius 3 is 2.38 bits per heavy atom. The number of aromatic nitrogens is 2. The molecule has 2 aromatic carbocycles. The Morgan fingerprint density at radius 2 is 1.68 bits per heavy atom. The van der Waals surface area contributed by atoms with Crippen LogP contribution in [-0.2, 0) is 0 Å². The van der Waals surface area contributed by atoms with E-state index in [9.17, 15) is 5.11 Å². The van der Waals surface area contributed by atoms with Crippen LogP contribution in [0.1, 0.15) is 45.9 Å². The predicted octanol–water partition coefficient (Wildman–Crippen LogP) is 5.99. The van der Waals surface area contributed by atoms with Crippen LogP contribution in [0.4, 0.5) is 5.69 Å². The van der Waals surface area contributed by atoms with Crippen LogP contribution in [0.3, 0.4) is 0 Å². The molecule has 0 aliphatic carbocycles. The first-order valence-electron chi connectivity index (χ1n) is 11.4. The Bertz CT molecular complexity index is 1380. The highest BCUT2D eigenvalue weighted by Crippen LogP contribution is 2.44. The van der Waals surface area contributed by atoms with Crippen molar-refractivity contribution in [3.8, 4) is 11.4 Å². The molecular weight excluding hydrogens is 440 g/mol. The van der Waals surface area contributed by atoms with Crippen molar-refractivity contribution in [1.82, 2.24) is 14.9 Å². The number of phenolic OH excluding ortho intramolecular Hbond substituents is 1. The van der Waals surface area contributed by atoms with Gasteiger partial charge in [0.05, 0.1) is 23.5 Å². The van der Waals surface area contributed by atoms with E-state index < -0.39 is 0 Å². The molecular formula is C28H28N4OS. The zero-order chi connectivity index (χ0) is 24.0. The van der Waals surface area contributed by atoms with Crippen molar-refractivity contribution in [2.75, 3.05) is 4.90 Å². The fourth-order valence-corrected chi connectivity index (χ4v) is 5.28. The minimum atomic E-state index is -0.117. The van der Waals surface area contributed by atoms with Gasteiger partial charge in [-0.3, -0.25) is 4.98 Å². The van der Waals surface area contributed by atoms with E-state index in [1.54, 1.807) is 6.07 Å². The summed E-state index contributed by atoms with van der Waals surface area (Å²) in [5.74, 6) is 0.253. The van der Waals surface area contributed by atoms with Crippen molar-refractivity contribution < 1.29 is 5.11 Å². The molecule has 172 valence electrons. The quantitative estimate of drug-likeness (QED) is 0.361. The predicted molar refractivity (Wildman–Crippen MR) is 141 cm³/mol. The van der Waals surface area contributed by atoms with Crippen molar-refractivity contribution in [3.05, 3.63) is 107 Å². The number of phenols is 1. The Morgan fingerprint density at radius 1 is 0.912 bits per heavy atom. The third kappa shape index (κ3) is 3.64. The molecule has 1 saturated heterocycles. The smallest absolute Gasteiger partial charge is 0.174 e. The highest BCUT2D eigenvalue weighted by atomic mass is 32.1. The third-order valence-corrected chi connectivity index (χ3v) is 7.09. The van der Waals surface area contributed by atoms with Gasteiger partial charge in [0.1, 0.15) is 5.75 Å². The average Bonchev–Trinajstić information content (AvgIpc) is 3.32. The number of benzene rings is 2. The summed E-state index contributed by atoms with van der Waals surface area (Å²) in [6.45, 7) is 8.42. The minimum Gasteiger partial charge on any atom is -0.506 e. The van der Waals surface area contributed by atoms with Crippen LogP contribution in [0.5, 0.6) is 5.75 Å². The zero-order valence-corrected chi connectivity index (χ0v) is 20.6. The summed E-state index contributed by atoms with van der Waals surface area (Å²) >= 11 is 5.89. The Balaban J connectivity index is 1.70. The fourth-order valence-electron chi connectivity index (χ4n) is 4.94. The largest absolute Gasteiger partial charge is 0.506 e. The van der Waals surface area contributed by atoms with E-state index in [1.165, 1.54) is 11.1 Å². The summed E-state index contributed by atoms with van der Waals surface area (Å²) in [7, 11) is 0. The molecule has 2 aromatic heterocycles. The van der Waals surface area contributed by atoms with Crippen molar-refractivity contribution in [2.24, 2.45) is 0 Å². The minimum absolute atomic E-state index is 0.102. The number of pyridine rings is 1. The number of rotatable bonds is 4. The van der Waals surface area contributed by atoms with Gasteiger partial charge in [-0.1, -0.05) is 24.3 Å². The van der Waals surface area contributed by atoms with E-state index in [4.69, 9.17) is 12.2 Å². The molecule has 3 heterocycles. The topological polar surface area (TPSA) is 53.3 Å². The summed E-state index contributed by atoms with van der Waals surface area (Å²) < 4.78 is 2.11. The molecule has 2 N–H and O–H groups in total. The summed E-state index contributed by atoms with van der Waals surface area (Å²) in [5, 5.41) is 14.8. The number of hydrogen-bond donors (Lipinski definition) is 2. The van der Waals surface area contributed by atoms with Gasteiger partial charge in [0, 0.05) is 23.3 Å². The van der Waals surface area contributed by atoms with E-state index in [2.05, 4.69) is 71.7 Å². The average molecular weight is 469 g/mol. The van der Waals surface area contributed by atoms with Gasteiger partial charge in [0.25, 0.3) is 0 Å². The van der Waals surface area contributed by atoms with Crippen LogP contribution >= 0.6 is 12.2 Å². The molecule has 34 heavy (non-hydrogen) atoms. The molecule has 1 aliphatic heterocycles. The number of nitrogens with zero attached hydrogens (tertiary/aromatic N) is 3. The van der Waals surface area contributed by atoms with Crippen molar-refractivity contribution >= 4 is 23.0 Å². The van der Waals surface area contributed by atoms with Gasteiger partial charge in [-0.25, -0.2) is 0 Å². The molecule has 1 aliphatic rings. The Hall–Kier alpha value is -3.64. The molecule has 5 rings (SSSR count). The van der Waals surface area contributed by atoms with E-state index >= 15 is 0 Å². The normalized spacial score (nSPS) is 17.8. The summed E-state index contributed by atoms with van der Waals surface area (Å²) in [4.78, 5) is 6.87. The molecule has 0 amide bonds. The van der Waals surface area contributed by atoms with Crippen molar-refractivity contribution in [1.29, 1.82) is 0 Å². The second-order valence-corrected chi connectivity index (χ2v) is 9.30. The van der Waals surface area contributed by atoms with E-state index in [-0.39, 0.29) is 17.8 Å². The maximum absolute atomic E-state index is 10.6. The van der Waals surface area contributed by atoms with Gasteiger partial charge in [-0.2, -0.15) is 0 Å². The second kappa shape index (κ2) is 8.61. The van der Waals surface area contributed by atoms with E-state index in [0.29, 0.717) is 5.11 Å². The first-order chi connectivity index (χ1) is 16.4. The Labute approximate surface area is 205 Å². The van der Waals surface area contributed by atoms with Crippen LogP contribution in [0, 0.1) is 27.7 Å². The standard InChI is InChI=1S/C28H28N4OS/c1-17-12-13-21(15-18(17)2)32-27(26(30-28(32)34)23-9-7-8-14-29-23)22-16-19(3)31(20(22)4)24-10-5-6-11-25(24)33/h5-16,26-27,33H,1-4H3,(H,30,34). The maximum atomic E-state index is 10.6. The monoisotopic (exact) mass is 468 g/mol. The van der Waals surface area contributed by atoms with Crippen LogP contribution < -0.4 is 10.2 Å². The second-order valence-electron chi connectivity index (χ2n) is 8.92. The molecule has 0 radical (unpaired) electrons. The molecule has 6 heteroatoms. The van der Waals surface area contributed by atoms with Crippen LogP contribution in [0.25, 0.3) is 5.69 Å². The lowest BCUT2D eigenvalue weighted by Gasteiger charge is -2.28. The van der Waals surface area contributed by atoms with Gasteiger partial charge in [0.2, 0.25) is 0 Å². The number of aromatic hydroxyl groups is 1. The van der Waals surface area contributed by atoms with E-state index in [1.807, 2.05) is 42.6 Å². The summed E-state index contributed by atoms with van der Waals surface area (Å²) in [5.41, 5.74) is 8.48. The van der Waals surface area contributed by atoms with Gasteiger partial charge >= 0.3 is 0 Å². The van der Waals surface area contributed by atoms with Crippen LogP contribution in [-0.4, -0.2) is 19.8 Å². The molecule has 0 bridgehead atoms. The highest BCUT2D eigenvalue weighted by Gasteiger charge is 2.42. The number of thiocarbonyl (C=S) groups is 1. The SMILES string of the molecule is Cc1ccc(N2C(=S)NC(c3ccccn3)C2c2cc(C)n(-c3ccccc3O)c2C)cc1C. The molecule has 4 aromatic rings. The van der Waals surface area contributed by atoms with E-state index in [0.717, 1.165) is 34.0 Å². The zero-order valence-electron chi connectivity index (χ0n) is 19.8. The Kier molecular flexibility index (Phi) is 5.62. The van der Waals surface area contributed by atoms with Gasteiger partial charge < -0.3 is 19.9 Å². The molecule has 0 spiro atoms.